The van der Waals surface area contributed by atoms with Crippen LogP contribution >= 0.6 is 11.8 Å². The number of H-pyrrole nitrogens is 1. The van der Waals surface area contributed by atoms with Crippen LogP contribution < -0.4 is 5.56 Å². The lowest BCUT2D eigenvalue weighted by atomic mass is 9.96. The number of aromatic amines is 1. The molecule has 6 nitrogen and oxygen atoms in total. The van der Waals surface area contributed by atoms with Crippen molar-refractivity contribution in [1.29, 1.82) is 0 Å². The highest BCUT2D eigenvalue weighted by Crippen LogP contribution is 2.31. The van der Waals surface area contributed by atoms with Gasteiger partial charge in [-0.15, -0.1) is 0 Å². The van der Waals surface area contributed by atoms with E-state index in [4.69, 9.17) is 14.8 Å². The second-order valence-electron chi connectivity index (χ2n) is 7.98. The van der Waals surface area contributed by atoms with E-state index in [-0.39, 0.29) is 11.2 Å². The zero-order chi connectivity index (χ0) is 21.3. The Bertz CT molecular complexity index is 1240. The van der Waals surface area contributed by atoms with Crippen LogP contribution in [0.5, 0.6) is 0 Å². The Hall–Kier alpha value is -2.87. The van der Waals surface area contributed by atoms with Crippen LogP contribution in [0.1, 0.15) is 25.5 Å². The largest absolute Gasteiger partial charge is 0.296 e. The third-order valence-electron chi connectivity index (χ3n) is 5.58. The Morgan fingerprint density at radius 2 is 1.90 bits per heavy atom. The average Bonchev–Trinajstić information content (AvgIpc) is 3.41. The third kappa shape index (κ3) is 4.30. The summed E-state index contributed by atoms with van der Waals surface area (Å²) in [6.45, 7) is 2.63. The first-order valence-corrected chi connectivity index (χ1v) is 11.2. The maximum atomic E-state index is 12.6. The molecule has 2 aromatic heterocycles. The van der Waals surface area contributed by atoms with Gasteiger partial charge in [-0.1, -0.05) is 42.1 Å². The van der Waals surface area contributed by atoms with E-state index in [1.165, 1.54) is 9.41 Å². The molecule has 0 saturated carbocycles. The molecule has 1 aliphatic rings. The van der Waals surface area contributed by atoms with Gasteiger partial charge in [-0.05, 0) is 49.6 Å². The Balaban J connectivity index is 1.40. The van der Waals surface area contributed by atoms with E-state index in [0.717, 1.165) is 34.6 Å². The van der Waals surface area contributed by atoms with Crippen molar-refractivity contribution in [2.75, 3.05) is 6.61 Å². The van der Waals surface area contributed by atoms with Gasteiger partial charge in [0.25, 0.3) is 5.56 Å². The van der Waals surface area contributed by atoms with Crippen molar-refractivity contribution in [2.24, 2.45) is 0 Å². The summed E-state index contributed by atoms with van der Waals surface area (Å²) < 4.78 is 1.49. The van der Waals surface area contributed by atoms with Crippen LogP contribution in [0.2, 0.25) is 0 Å². The molecule has 1 N–H and O–H groups in total. The maximum absolute atomic E-state index is 12.6. The van der Waals surface area contributed by atoms with Crippen molar-refractivity contribution in [2.45, 2.75) is 41.6 Å². The van der Waals surface area contributed by atoms with Crippen molar-refractivity contribution < 1.29 is 9.78 Å². The lowest BCUT2D eigenvalue weighted by Crippen LogP contribution is -2.24. The summed E-state index contributed by atoms with van der Waals surface area (Å²) in [5.41, 5.74) is 2.89. The standard InChI is InChI=1S/C24H23N3O3S/c1-24(13-14-29-30-24)12-11-18-15-22(28)27-23(26-18)21(16-25-27)17-7-9-20(10-8-17)31-19-5-3-2-4-6-19/h2-10,15-16,25H,11-14H2,1H3. The molecule has 158 valence electrons. The first kappa shape index (κ1) is 20.1. The van der Waals surface area contributed by atoms with Crippen molar-refractivity contribution in [3.05, 3.63) is 82.9 Å². The monoisotopic (exact) mass is 433 g/mol. The number of hydrogen-bond donors (Lipinski definition) is 1. The van der Waals surface area contributed by atoms with E-state index < -0.39 is 0 Å². The molecule has 1 atom stereocenters. The molecule has 0 spiro atoms. The van der Waals surface area contributed by atoms with Crippen molar-refractivity contribution in [3.63, 3.8) is 0 Å². The number of aromatic nitrogens is 3. The van der Waals surface area contributed by atoms with Gasteiger partial charge < -0.3 is 0 Å². The maximum Gasteiger partial charge on any atom is 0.272 e. The summed E-state index contributed by atoms with van der Waals surface area (Å²) in [6.07, 6.45) is 4.09. The van der Waals surface area contributed by atoms with Gasteiger partial charge in [0.2, 0.25) is 0 Å². The van der Waals surface area contributed by atoms with Gasteiger partial charge in [0.05, 0.1) is 6.61 Å². The van der Waals surface area contributed by atoms with Crippen molar-refractivity contribution in [1.82, 2.24) is 14.6 Å². The van der Waals surface area contributed by atoms with E-state index >= 15 is 0 Å². The first-order chi connectivity index (χ1) is 15.1. The Morgan fingerprint density at radius 3 is 2.65 bits per heavy atom. The highest BCUT2D eigenvalue weighted by Gasteiger charge is 2.31. The molecule has 0 aliphatic carbocycles. The van der Waals surface area contributed by atoms with Gasteiger partial charge in [-0.3, -0.25) is 9.89 Å². The number of fused-ring (bicyclic) bond motifs is 1. The minimum atomic E-state index is -0.319. The molecule has 0 radical (unpaired) electrons. The minimum Gasteiger partial charge on any atom is -0.296 e. The van der Waals surface area contributed by atoms with E-state index in [2.05, 4.69) is 41.5 Å². The molecule has 1 unspecified atom stereocenters. The van der Waals surface area contributed by atoms with Gasteiger partial charge in [0.15, 0.2) is 5.65 Å². The van der Waals surface area contributed by atoms with Crippen LogP contribution in [-0.4, -0.2) is 26.8 Å². The molecule has 3 heterocycles. The Kier molecular flexibility index (Phi) is 5.40. The first-order valence-electron chi connectivity index (χ1n) is 10.3. The summed E-state index contributed by atoms with van der Waals surface area (Å²) in [4.78, 5) is 30.2. The molecular weight excluding hydrogens is 410 g/mol. The molecular formula is C24H23N3O3S. The van der Waals surface area contributed by atoms with Crippen LogP contribution in [0.4, 0.5) is 0 Å². The van der Waals surface area contributed by atoms with Gasteiger partial charge >= 0.3 is 0 Å². The molecule has 7 heteroatoms. The van der Waals surface area contributed by atoms with Crippen molar-refractivity contribution in [3.8, 4) is 11.1 Å². The number of rotatable bonds is 6. The van der Waals surface area contributed by atoms with Crippen LogP contribution in [0, 0.1) is 0 Å². The second kappa shape index (κ2) is 8.34. The number of nitrogens with one attached hydrogen (secondary N) is 1. The predicted molar refractivity (Wildman–Crippen MR) is 120 cm³/mol. The average molecular weight is 434 g/mol. The van der Waals surface area contributed by atoms with Crippen LogP contribution in [0.25, 0.3) is 16.8 Å². The molecule has 31 heavy (non-hydrogen) atoms. The Morgan fingerprint density at radius 1 is 1.13 bits per heavy atom. The molecule has 0 bridgehead atoms. The summed E-state index contributed by atoms with van der Waals surface area (Å²) in [5.74, 6) is 0. The van der Waals surface area contributed by atoms with E-state index in [0.29, 0.717) is 18.7 Å². The fourth-order valence-corrected chi connectivity index (χ4v) is 4.58. The van der Waals surface area contributed by atoms with E-state index in [9.17, 15) is 4.79 Å². The van der Waals surface area contributed by atoms with Crippen molar-refractivity contribution >= 4 is 17.4 Å². The molecule has 2 aromatic carbocycles. The van der Waals surface area contributed by atoms with E-state index in [1.54, 1.807) is 17.8 Å². The molecule has 1 aliphatic heterocycles. The lowest BCUT2D eigenvalue weighted by Gasteiger charge is -2.19. The zero-order valence-corrected chi connectivity index (χ0v) is 18.0. The van der Waals surface area contributed by atoms with Gasteiger partial charge in [0, 0.05) is 39.7 Å². The molecule has 5 rings (SSSR count). The van der Waals surface area contributed by atoms with Crippen LogP contribution in [0.15, 0.2) is 81.4 Å². The molecule has 1 fully saturated rings. The minimum absolute atomic E-state index is 0.115. The highest BCUT2D eigenvalue weighted by atomic mass is 32.2. The molecule has 4 aromatic rings. The summed E-state index contributed by atoms with van der Waals surface area (Å²) >= 11 is 1.72. The summed E-state index contributed by atoms with van der Waals surface area (Å²) in [5, 5.41) is 3.03. The van der Waals surface area contributed by atoms with E-state index in [1.807, 2.05) is 31.3 Å². The predicted octanol–water partition coefficient (Wildman–Crippen LogP) is 4.88. The number of nitrogens with zero attached hydrogens (tertiary/aromatic N) is 2. The summed E-state index contributed by atoms with van der Waals surface area (Å²) in [6, 6.07) is 20.2. The fourth-order valence-electron chi connectivity index (χ4n) is 3.74. The Labute approximate surface area is 184 Å². The van der Waals surface area contributed by atoms with Gasteiger partial charge in [0.1, 0.15) is 5.60 Å². The lowest BCUT2D eigenvalue weighted by molar-refractivity contribution is -0.305. The summed E-state index contributed by atoms with van der Waals surface area (Å²) in [7, 11) is 0. The topological polar surface area (TPSA) is 68.6 Å². The quantitative estimate of drug-likeness (QED) is 0.439. The van der Waals surface area contributed by atoms with Gasteiger partial charge in [-0.2, -0.15) is 0 Å². The highest BCUT2D eigenvalue weighted by molar-refractivity contribution is 7.99. The van der Waals surface area contributed by atoms with Gasteiger partial charge in [-0.25, -0.2) is 19.3 Å². The molecule has 1 saturated heterocycles. The van der Waals surface area contributed by atoms with Crippen LogP contribution in [-0.2, 0) is 16.2 Å². The number of aryl methyl sites for hydroxylation is 1. The SMILES string of the molecule is CC1(CCc2cc(=O)n3[nH]cc(-c4ccc(Sc5ccccc5)cc4)c3n2)CCOO1. The number of benzene rings is 2. The fraction of sp³-hybridized carbons (Fsp3) is 0.250. The zero-order valence-electron chi connectivity index (χ0n) is 17.2. The third-order valence-corrected chi connectivity index (χ3v) is 6.59. The smallest absolute Gasteiger partial charge is 0.272 e. The second-order valence-corrected chi connectivity index (χ2v) is 9.12. The normalized spacial score (nSPS) is 18.6. The number of hydrogen-bond acceptors (Lipinski definition) is 5. The van der Waals surface area contributed by atoms with Crippen LogP contribution in [0.3, 0.4) is 0 Å². The molecule has 0 amide bonds.